The van der Waals surface area contributed by atoms with Crippen molar-refractivity contribution in [3.8, 4) is 0 Å². The van der Waals surface area contributed by atoms with Crippen LogP contribution in [0.1, 0.15) is 37.0 Å². The lowest BCUT2D eigenvalue weighted by molar-refractivity contribution is 0.0601. The number of nitrogens with zero attached hydrogens (tertiary/aromatic N) is 2. The molecule has 0 fully saturated rings. The highest BCUT2D eigenvalue weighted by Crippen LogP contribution is 2.22. The number of nitrogens with two attached hydrogens (primary N) is 1. The third-order valence-electron chi connectivity index (χ3n) is 2.81. The van der Waals surface area contributed by atoms with Crippen LogP contribution >= 0.6 is 0 Å². The molecule has 0 bridgehead atoms. The minimum Gasteiger partial charge on any atom is -0.465 e. The number of methoxy groups -OCH3 is 1. The molecule has 0 saturated heterocycles. The third-order valence-corrected chi connectivity index (χ3v) is 2.81. The molecule has 0 amide bonds. The second-order valence-corrected chi connectivity index (χ2v) is 4.05. The Morgan fingerprint density at radius 3 is 2.78 bits per heavy atom. The van der Waals surface area contributed by atoms with Gasteiger partial charge in [0.15, 0.2) is 0 Å². The van der Waals surface area contributed by atoms with Gasteiger partial charge >= 0.3 is 5.97 Å². The number of rotatable bonds is 6. The Kier molecular flexibility index (Phi) is 5.42. The molecule has 18 heavy (non-hydrogen) atoms. The highest BCUT2D eigenvalue weighted by Gasteiger charge is 2.17. The van der Waals surface area contributed by atoms with E-state index in [4.69, 9.17) is 10.5 Å². The van der Waals surface area contributed by atoms with Crippen LogP contribution in [0.5, 0.6) is 0 Å². The molecular weight excluding hydrogens is 230 g/mol. The fourth-order valence-electron chi connectivity index (χ4n) is 1.79. The first-order chi connectivity index (χ1) is 8.63. The maximum atomic E-state index is 11.7. The average molecular weight is 251 g/mol. The van der Waals surface area contributed by atoms with Crippen molar-refractivity contribution in [2.24, 2.45) is 0 Å². The van der Waals surface area contributed by atoms with Gasteiger partial charge in [-0.05, 0) is 19.4 Å². The van der Waals surface area contributed by atoms with E-state index in [0.29, 0.717) is 11.4 Å². The highest BCUT2D eigenvalue weighted by atomic mass is 16.5. The monoisotopic (exact) mass is 251 g/mol. The van der Waals surface area contributed by atoms with Crippen LogP contribution in [-0.4, -0.2) is 31.2 Å². The standard InChI is InChI=1S/C13H21N3O2/c1-4-6-7-16(5-2)11-9-15-12(14)8-10(11)13(17)18-3/h8-9H,4-7H2,1-3H3,(H2,14,15). The number of hydrogen-bond donors (Lipinski definition) is 1. The SMILES string of the molecule is CCCCN(CC)c1cnc(N)cc1C(=O)OC. The summed E-state index contributed by atoms with van der Waals surface area (Å²) in [4.78, 5) is 17.9. The second kappa shape index (κ2) is 6.83. The minimum atomic E-state index is -0.381. The molecule has 100 valence electrons. The van der Waals surface area contributed by atoms with Crippen molar-refractivity contribution in [2.45, 2.75) is 26.7 Å². The average Bonchev–Trinajstić information content (AvgIpc) is 2.39. The van der Waals surface area contributed by atoms with E-state index >= 15 is 0 Å². The van der Waals surface area contributed by atoms with Crippen LogP contribution in [-0.2, 0) is 4.74 Å². The zero-order valence-corrected chi connectivity index (χ0v) is 11.3. The van der Waals surface area contributed by atoms with Gasteiger partial charge in [0, 0.05) is 13.1 Å². The maximum absolute atomic E-state index is 11.7. The van der Waals surface area contributed by atoms with E-state index in [1.165, 1.54) is 7.11 Å². The molecule has 0 aromatic carbocycles. The quantitative estimate of drug-likeness (QED) is 0.784. The Labute approximate surface area is 108 Å². The fraction of sp³-hybridized carbons (Fsp3) is 0.538. The number of carbonyl (C=O) groups is 1. The summed E-state index contributed by atoms with van der Waals surface area (Å²) in [6.45, 7) is 5.89. The van der Waals surface area contributed by atoms with E-state index < -0.39 is 0 Å². The van der Waals surface area contributed by atoms with Crippen molar-refractivity contribution in [3.05, 3.63) is 17.8 Å². The number of nitrogen functional groups attached to an aromatic ring is 1. The molecule has 0 aliphatic carbocycles. The molecule has 0 saturated carbocycles. The molecule has 1 aromatic heterocycles. The lowest BCUT2D eigenvalue weighted by Crippen LogP contribution is -2.26. The molecule has 0 unspecified atom stereocenters. The van der Waals surface area contributed by atoms with Gasteiger partial charge in [-0.25, -0.2) is 9.78 Å². The van der Waals surface area contributed by atoms with Gasteiger partial charge in [-0.2, -0.15) is 0 Å². The summed E-state index contributed by atoms with van der Waals surface area (Å²) < 4.78 is 4.78. The van der Waals surface area contributed by atoms with E-state index in [2.05, 4.69) is 16.8 Å². The summed E-state index contributed by atoms with van der Waals surface area (Å²) in [6, 6.07) is 1.57. The number of ether oxygens (including phenoxy) is 1. The van der Waals surface area contributed by atoms with Crippen molar-refractivity contribution >= 4 is 17.5 Å². The van der Waals surface area contributed by atoms with Crippen molar-refractivity contribution in [3.63, 3.8) is 0 Å². The number of unbranched alkanes of at least 4 members (excludes halogenated alkanes) is 1. The first-order valence-electron chi connectivity index (χ1n) is 6.22. The third kappa shape index (κ3) is 3.35. The van der Waals surface area contributed by atoms with Gasteiger partial charge in [-0.3, -0.25) is 0 Å². The largest absolute Gasteiger partial charge is 0.465 e. The number of anilines is 2. The smallest absolute Gasteiger partial charge is 0.340 e. The van der Waals surface area contributed by atoms with Gasteiger partial charge in [-0.15, -0.1) is 0 Å². The van der Waals surface area contributed by atoms with E-state index in [0.717, 1.165) is 31.6 Å². The fourth-order valence-corrected chi connectivity index (χ4v) is 1.79. The Morgan fingerprint density at radius 1 is 1.50 bits per heavy atom. The van der Waals surface area contributed by atoms with E-state index in [9.17, 15) is 4.79 Å². The molecular formula is C13H21N3O2. The topological polar surface area (TPSA) is 68.5 Å². The number of hydrogen-bond acceptors (Lipinski definition) is 5. The molecule has 0 atom stereocenters. The van der Waals surface area contributed by atoms with Crippen LogP contribution in [0, 0.1) is 0 Å². The molecule has 1 aromatic rings. The van der Waals surface area contributed by atoms with Crippen molar-refractivity contribution in [1.29, 1.82) is 0 Å². The molecule has 0 aliphatic heterocycles. The summed E-state index contributed by atoms with van der Waals surface area (Å²) in [7, 11) is 1.37. The Morgan fingerprint density at radius 2 is 2.22 bits per heavy atom. The van der Waals surface area contributed by atoms with Gasteiger partial charge in [-0.1, -0.05) is 13.3 Å². The summed E-state index contributed by atoms with van der Waals surface area (Å²) in [5, 5.41) is 0. The van der Waals surface area contributed by atoms with Crippen LogP contribution < -0.4 is 10.6 Å². The Bertz CT molecular complexity index is 407. The van der Waals surface area contributed by atoms with Crippen LogP contribution in [0.15, 0.2) is 12.3 Å². The zero-order chi connectivity index (χ0) is 13.5. The van der Waals surface area contributed by atoms with Gasteiger partial charge < -0.3 is 15.4 Å². The minimum absolute atomic E-state index is 0.325. The zero-order valence-electron chi connectivity index (χ0n) is 11.3. The second-order valence-electron chi connectivity index (χ2n) is 4.05. The molecule has 0 spiro atoms. The van der Waals surface area contributed by atoms with Crippen LogP contribution in [0.2, 0.25) is 0 Å². The highest BCUT2D eigenvalue weighted by molar-refractivity contribution is 5.96. The van der Waals surface area contributed by atoms with Crippen LogP contribution in [0.25, 0.3) is 0 Å². The van der Waals surface area contributed by atoms with Crippen molar-refractivity contribution in [1.82, 2.24) is 4.98 Å². The molecule has 0 radical (unpaired) electrons. The van der Waals surface area contributed by atoms with Gasteiger partial charge in [0.1, 0.15) is 5.82 Å². The molecule has 1 rings (SSSR count). The predicted octanol–water partition coefficient (Wildman–Crippen LogP) is 2.08. The normalized spacial score (nSPS) is 10.2. The first kappa shape index (κ1) is 14.3. The summed E-state index contributed by atoms with van der Waals surface area (Å²) in [6.07, 6.45) is 3.81. The van der Waals surface area contributed by atoms with E-state index in [-0.39, 0.29) is 5.97 Å². The summed E-state index contributed by atoms with van der Waals surface area (Å²) >= 11 is 0. The lowest BCUT2D eigenvalue weighted by atomic mass is 10.2. The molecule has 0 aliphatic rings. The molecule has 5 heteroatoms. The van der Waals surface area contributed by atoms with Gasteiger partial charge in [0.05, 0.1) is 24.6 Å². The van der Waals surface area contributed by atoms with Crippen LogP contribution in [0.4, 0.5) is 11.5 Å². The van der Waals surface area contributed by atoms with Crippen LogP contribution in [0.3, 0.4) is 0 Å². The number of aromatic nitrogens is 1. The van der Waals surface area contributed by atoms with Crippen molar-refractivity contribution in [2.75, 3.05) is 30.8 Å². The van der Waals surface area contributed by atoms with Crippen molar-refractivity contribution < 1.29 is 9.53 Å². The number of esters is 1. The molecule has 1 heterocycles. The Hall–Kier alpha value is -1.78. The molecule has 2 N–H and O–H groups in total. The summed E-state index contributed by atoms with van der Waals surface area (Å²) in [5.41, 5.74) is 6.88. The van der Waals surface area contributed by atoms with Gasteiger partial charge in [0.25, 0.3) is 0 Å². The number of pyridine rings is 1. The summed E-state index contributed by atoms with van der Waals surface area (Å²) in [5.74, 6) is -0.0558. The molecule has 5 nitrogen and oxygen atoms in total. The lowest BCUT2D eigenvalue weighted by Gasteiger charge is -2.24. The number of carbonyl (C=O) groups excluding carboxylic acids is 1. The maximum Gasteiger partial charge on any atom is 0.340 e. The van der Waals surface area contributed by atoms with E-state index in [1.807, 2.05) is 6.92 Å². The van der Waals surface area contributed by atoms with E-state index in [1.54, 1.807) is 12.3 Å². The first-order valence-corrected chi connectivity index (χ1v) is 6.22. The predicted molar refractivity (Wildman–Crippen MR) is 72.8 cm³/mol. The Balaban J connectivity index is 3.08. The van der Waals surface area contributed by atoms with Gasteiger partial charge in [0.2, 0.25) is 0 Å².